The predicted octanol–water partition coefficient (Wildman–Crippen LogP) is 3.61. The molecular formula is C11H20Si. The normalized spacial score (nSPS) is 11.8. The Kier molecular flexibility index (Phi) is 5.83. The van der Waals surface area contributed by atoms with Crippen LogP contribution in [0.15, 0.2) is 11.8 Å². The van der Waals surface area contributed by atoms with Gasteiger partial charge in [0, 0.05) is 6.42 Å². The Morgan fingerprint density at radius 3 is 2.42 bits per heavy atom. The van der Waals surface area contributed by atoms with Crippen molar-refractivity contribution in [3.8, 4) is 12.3 Å². The maximum Gasteiger partial charge on any atom is 0.0682 e. The summed E-state index contributed by atoms with van der Waals surface area (Å²) in [5.41, 5.74) is 2.41. The molecule has 0 radical (unpaired) electrons. The van der Waals surface area contributed by atoms with Crippen molar-refractivity contribution in [1.82, 2.24) is 0 Å². The highest BCUT2D eigenvalue weighted by Crippen LogP contribution is 2.05. The molecule has 0 rings (SSSR count). The molecule has 12 heavy (non-hydrogen) atoms. The highest BCUT2D eigenvalue weighted by Gasteiger charge is 2.05. The van der Waals surface area contributed by atoms with E-state index in [-0.39, 0.29) is 0 Å². The van der Waals surface area contributed by atoms with Crippen molar-refractivity contribution in [1.29, 1.82) is 0 Å². The maximum absolute atomic E-state index is 5.15. The highest BCUT2D eigenvalue weighted by atomic mass is 28.3. The van der Waals surface area contributed by atoms with E-state index in [9.17, 15) is 0 Å². The molecule has 0 aromatic heterocycles. The second kappa shape index (κ2) is 6.08. The third-order valence-electron chi connectivity index (χ3n) is 1.56. The Bertz CT molecular complexity index is 166. The van der Waals surface area contributed by atoms with E-state index in [0.29, 0.717) is 0 Å². The molecule has 0 bridgehead atoms. The minimum Gasteiger partial charge on any atom is -0.120 e. The van der Waals surface area contributed by atoms with Crippen LogP contribution in [0.4, 0.5) is 0 Å². The fraction of sp³-hybridized carbons (Fsp3) is 0.636. The molecule has 0 N–H and O–H groups in total. The van der Waals surface area contributed by atoms with Crippen LogP contribution in [0.2, 0.25) is 19.6 Å². The second-order valence-corrected chi connectivity index (χ2v) is 9.28. The molecule has 1 heteroatoms. The van der Waals surface area contributed by atoms with Crippen LogP contribution in [-0.4, -0.2) is 8.07 Å². The molecule has 0 aliphatic carbocycles. The lowest BCUT2D eigenvalue weighted by molar-refractivity contribution is 0.772. The number of hydrogen-bond donors (Lipinski definition) is 0. The Morgan fingerprint density at radius 2 is 1.92 bits per heavy atom. The van der Waals surface area contributed by atoms with E-state index >= 15 is 0 Å². The van der Waals surface area contributed by atoms with Gasteiger partial charge in [-0.3, -0.25) is 0 Å². The van der Waals surface area contributed by atoms with Crippen LogP contribution in [0.3, 0.4) is 0 Å². The minimum atomic E-state index is -0.947. The molecular weight excluding hydrogens is 160 g/mol. The number of terminal acetylenes is 1. The first-order valence-corrected chi connectivity index (χ1v) is 8.25. The lowest BCUT2D eigenvalue weighted by atomic mass is 10.2. The standard InChI is InChI=1S/C11H20Si/c1-5-6-7-8-9-10-11-12(2,3)4/h1,10-11H,6-9H2,2-4H3/b11-10+. The quantitative estimate of drug-likeness (QED) is 0.344. The third kappa shape index (κ3) is 9.52. The topological polar surface area (TPSA) is 0 Å². The number of unbranched alkanes of at least 4 members (excludes halogenated alkanes) is 3. The van der Waals surface area contributed by atoms with Crippen LogP contribution in [0.1, 0.15) is 25.7 Å². The van der Waals surface area contributed by atoms with Gasteiger partial charge in [0.25, 0.3) is 0 Å². The van der Waals surface area contributed by atoms with Crippen molar-refractivity contribution in [2.75, 3.05) is 0 Å². The molecule has 0 aliphatic heterocycles. The van der Waals surface area contributed by atoms with Crippen molar-refractivity contribution in [3.05, 3.63) is 11.8 Å². The molecule has 68 valence electrons. The van der Waals surface area contributed by atoms with Gasteiger partial charge in [-0.2, -0.15) is 0 Å². The summed E-state index contributed by atoms with van der Waals surface area (Å²) in [5, 5.41) is 0. The Balaban J connectivity index is 3.32. The summed E-state index contributed by atoms with van der Waals surface area (Å²) in [6.45, 7) is 7.06. The van der Waals surface area contributed by atoms with Gasteiger partial charge in [0.1, 0.15) is 0 Å². The third-order valence-corrected chi connectivity index (χ3v) is 2.80. The summed E-state index contributed by atoms with van der Waals surface area (Å²) in [6.07, 6.45) is 12.0. The molecule has 0 nitrogen and oxygen atoms in total. The van der Waals surface area contributed by atoms with E-state index in [2.05, 4.69) is 37.3 Å². The van der Waals surface area contributed by atoms with Gasteiger partial charge < -0.3 is 0 Å². The first-order valence-electron chi connectivity index (χ1n) is 4.67. The average molecular weight is 180 g/mol. The molecule has 0 saturated heterocycles. The van der Waals surface area contributed by atoms with Crippen LogP contribution in [0.25, 0.3) is 0 Å². The van der Waals surface area contributed by atoms with Gasteiger partial charge >= 0.3 is 0 Å². The zero-order valence-electron chi connectivity index (χ0n) is 8.56. The Labute approximate surface area is 78.1 Å². The molecule has 0 aromatic rings. The lowest BCUT2D eigenvalue weighted by Gasteiger charge is -2.07. The molecule has 0 amide bonds. The van der Waals surface area contributed by atoms with Gasteiger partial charge in [-0.1, -0.05) is 31.4 Å². The monoisotopic (exact) mass is 180 g/mol. The molecule has 0 atom stereocenters. The van der Waals surface area contributed by atoms with Gasteiger partial charge in [-0.15, -0.1) is 12.3 Å². The molecule has 0 saturated carbocycles. The van der Waals surface area contributed by atoms with Gasteiger partial charge in [0.2, 0.25) is 0 Å². The fourth-order valence-electron chi connectivity index (χ4n) is 0.926. The number of rotatable bonds is 5. The zero-order chi connectivity index (χ0) is 9.45. The van der Waals surface area contributed by atoms with Crippen molar-refractivity contribution in [2.45, 2.75) is 45.3 Å². The maximum atomic E-state index is 5.15. The van der Waals surface area contributed by atoms with Gasteiger partial charge in [0.15, 0.2) is 0 Å². The van der Waals surface area contributed by atoms with Crippen molar-refractivity contribution in [3.63, 3.8) is 0 Å². The lowest BCUT2D eigenvalue weighted by Crippen LogP contribution is -2.15. The first-order chi connectivity index (χ1) is 5.56. The second-order valence-electron chi connectivity index (χ2n) is 4.22. The minimum absolute atomic E-state index is 0.931. The average Bonchev–Trinajstić information content (AvgIpc) is 1.94. The molecule has 0 heterocycles. The largest absolute Gasteiger partial charge is 0.120 e. The number of allylic oxidation sites excluding steroid dienone is 1. The summed E-state index contributed by atoms with van der Waals surface area (Å²) >= 11 is 0. The van der Waals surface area contributed by atoms with Gasteiger partial charge in [0.05, 0.1) is 8.07 Å². The van der Waals surface area contributed by atoms with Crippen molar-refractivity contribution in [2.24, 2.45) is 0 Å². The van der Waals surface area contributed by atoms with Gasteiger partial charge in [-0.05, 0) is 19.3 Å². The number of hydrogen-bond acceptors (Lipinski definition) is 0. The fourth-order valence-corrected chi connectivity index (χ4v) is 1.80. The summed E-state index contributed by atoms with van der Waals surface area (Å²) in [6, 6.07) is 0. The van der Waals surface area contributed by atoms with Crippen molar-refractivity contribution >= 4 is 8.07 Å². The molecule has 0 unspecified atom stereocenters. The Morgan fingerprint density at radius 1 is 1.25 bits per heavy atom. The van der Waals surface area contributed by atoms with E-state index in [4.69, 9.17) is 6.42 Å². The predicted molar refractivity (Wildman–Crippen MR) is 59.8 cm³/mol. The summed E-state index contributed by atoms with van der Waals surface area (Å²) < 4.78 is 0. The van der Waals surface area contributed by atoms with Crippen LogP contribution < -0.4 is 0 Å². The van der Waals surface area contributed by atoms with Gasteiger partial charge in [-0.25, -0.2) is 0 Å². The van der Waals surface area contributed by atoms with Crippen molar-refractivity contribution < 1.29 is 0 Å². The molecule has 0 spiro atoms. The summed E-state index contributed by atoms with van der Waals surface area (Å²) in [7, 11) is -0.947. The molecule has 0 aromatic carbocycles. The molecule has 0 aliphatic rings. The smallest absolute Gasteiger partial charge is 0.0682 e. The van der Waals surface area contributed by atoms with E-state index in [0.717, 1.165) is 6.42 Å². The van der Waals surface area contributed by atoms with Crippen LogP contribution in [0, 0.1) is 12.3 Å². The van der Waals surface area contributed by atoms with E-state index in [1.807, 2.05) is 0 Å². The highest BCUT2D eigenvalue weighted by molar-refractivity contribution is 6.80. The van der Waals surface area contributed by atoms with E-state index in [1.165, 1.54) is 19.3 Å². The molecule has 0 fully saturated rings. The first kappa shape index (κ1) is 11.5. The summed E-state index contributed by atoms with van der Waals surface area (Å²) in [4.78, 5) is 0. The van der Waals surface area contributed by atoms with Crippen LogP contribution in [-0.2, 0) is 0 Å². The van der Waals surface area contributed by atoms with Crippen LogP contribution in [0.5, 0.6) is 0 Å². The van der Waals surface area contributed by atoms with Crippen LogP contribution >= 0.6 is 0 Å². The van der Waals surface area contributed by atoms with E-state index < -0.39 is 8.07 Å². The SMILES string of the molecule is C#CCCCC/C=C/[Si](C)(C)C. The van der Waals surface area contributed by atoms with E-state index in [1.54, 1.807) is 0 Å². The summed E-state index contributed by atoms with van der Waals surface area (Å²) in [5.74, 6) is 2.66. The zero-order valence-corrected chi connectivity index (χ0v) is 9.56. The Hall–Kier alpha value is -0.483.